The number of ether oxygens (including phenoxy) is 2. The molecule has 7 heteroatoms. The summed E-state index contributed by atoms with van der Waals surface area (Å²) in [5.41, 5.74) is 0.570. The first kappa shape index (κ1) is 16.5. The number of rotatable bonds is 2. The molecule has 1 aromatic rings. The lowest BCUT2D eigenvalue weighted by molar-refractivity contribution is -0.147. The summed E-state index contributed by atoms with van der Waals surface area (Å²) < 4.78 is 23.2. The van der Waals surface area contributed by atoms with Gasteiger partial charge in [-0.3, -0.25) is 4.79 Å². The summed E-state index contributed by atoms with van der Waals surface area (Å²) in [4.78, 5) is 25.2. The van der Waals surface area contributed by atoms with Crippen molar-refractivity contribution in [3.63, 3.8) is 0 Å². The van der Waals surface area contributed by atoms with Crippen LogP contribution >= 0.6 is 11.6 Å². The van der Waals surface area contributed by atoms with E-state index in [2.05, 4.69) is 0 Å². The van der Waals surface area contributed by atoms with Crippen molar-refractivity contribution in [2.75, 3.05) is 20.8 Å². The third-order valence-electron chi connectivity index (χ3n) is 3.87. The zero-order valence-corrected chi connectivity index (χ0v) is 13.1. The van der Waals surface area contributed by atoms with E-state index in [1.54, 1.807) is 6.07 Å². The van der Waals surface area contributed by atoms with Crippen LogP contribution in [0.1, 0.15) is 24.4 Å². The van der Waals surface area contributed by atoms with E-state index in [1.165, 1.54) is 31.3 Å². The summed E-state index contributed by atoms with van der Waals surface area (Å²) in [6, 6.07) is 3.90. The van der Waals surface area contributed by atoms with E-state index in [0.717, 1.165) is 0 Å². The molecular weight excluding hydrogens is 313 g/mol. The number of methoxy groups -OCH3 is 2. The summed E-state index contributed by atoms with van der Waals surface area (Å²) >= 11 is 5.69. The average Bonchev–Trinajstić information content (AvgIpc) is 2.55. The first-order chi connectivity index (χ1) is 10.5. The van der Waals surface area contributed by atoms with Crippen LogP contribution in [-0.2, 0) is 14.3 Å². The van der Waals surface area contributed by atoms with Crippen molar-refractivity contribution in [3.05, 3.63) is 34.6 Å². The summed E-state index contributed by atoms with van der Waals surface area (Å²) in [6.07, 6.45) is 0.320. The molecule has 1 saturated heterocycles. The van der Waals surface area contributed by atoms with Gasteiger partial charge in [0.1, 0.15) is 5.82 Å². The van der Waals surface area contributed by atoms with Gasteiger partial charge < -0.3 is 14.4 Å². The number of likely N-dealkylation sites (tertiary alicyclic amines) is 1. The molecular formula is C15H17ClFNO4. The second kappa shape index (κ2) is 6.96. The topological polar surface area (TPSA) is 55.8 Å². The lowest BCUT2D eigenvalue weighted by atomic mass is 9.87. The van der Waals surface area contributed by atoms with Gasteiger partial charge in [0.05, 0.1) is 31.2 Å². The maximum Gasteiger partial charge on any atom is 0.409 e. The molecule has 0 spiro atoms. The Balaban J connectivity index is 2.32. The Morgan fingerprint density at radius 2 is 2.05 bits per heavy atom. The molecule has 2 atom stereocenters. The van der Waals surface area contributed by atoms with Crippen molar-refractivity contribution < 1.29 is 23.5 Å². The third-order valence-corrected chi connectivity index (χ3v) is 4.18. The van der Waals surface area contributed by atoms with Crippen LogP contribution in [0, 0.1) is 11.7 Å². The molecule has 120 valence electrons. The summed E-state index contributed by atoms with van der Waals surface area (Å²) in [5, 5.41) is 0.00805. The van der Waals surface area contributed by atoms with Crippen LogP contribution in [0.5, 0.6) is 0 Å². The fourth-order valence-corrected chi connectivity index (χ4v) is 2.84. The largest absolute Gasteiger partial charge is 0.469 e. The van der Waals surface area contributed by atoms with Crippen molar-refractivity contribution in [3.8, 4) is 0 Å². The predicted molar refractivity (Wildman–Crippen MR) is 78.0 cm³/mol. The minimum absolute atomic E-state index is 0.00805. The van der Waals surface area contributed by atoms with Gasteiger partial charge in [0.2, 0.25) is 0 Å². The Morgan fingerprint density at radius 1 is 1.32 bits per heavy atom. The van der Waals surface area contributed by atoms with E-state index in [-0.39, 0.29) is 16.9 Å². The molecule has 2 rings (SSSR count). The van der Waals surface area contributed by atoms with Gasteiger partial charge in [-0.2, -0.15) is 0 Å². The van der Waals surface area contributed by atoms with Crippen molar-refractivity contribution in [2.45, 2.75) is 18.9 Å². The Morgan fingerprint density at radius 3 is 2.64 bits per heavy atom. The Bertz CT molecular complexity index is 581. The highest BCUT2D eigenvalue weighted by Gasteiger charge is 2.36. The zero-order chi connectivity index (χ0) is 16.3. The van der Waals surface area contributed by atoms with Crippen molar-refractivity contribution in [1.29, 1.82) is 0 Å². The molecule has 1 fully saturated rings. The van der Waals surface area contributed by atoms with E-state index in [0.29, 0.717) is 24.9 Å². The van der Waals surface area contributed by atoms with Gasteiger partial charge in [-0.25, -0.2) is 9.18 Å². The lowest BCUT2D eigenvalue weighted by Gasteiger charge is -2.37. The number of hydrogen-bond acceptors (Lipinski definition) is 4. The van der Waals surface area contributed by atoms with Gasteiger partial charge in [-0.15, -0.1) is 0 Å². The molecule has 1 amide bonds. The van der Waals surface area contributed by atoms with Gasteiger partial charge in [0.15, 0.2) is 0 Å². The number of amides is 1. The number of halogens is 2. The molecule has 5 nitrogen and oxygen atoms in total. The smallest absolute Gasteiger partial charge is 0.409 e. The number of carbonyl (C=O) groups is 2. The van der Waals surface area contributed by atoms with Crippen LogP contribution in [0.3, 0.4) is 0 Å². The van der Waals surface area contributed by atoms with Crippen molar-refractivity contribution in [1.82, 2.24) is 4.90 Å². The van der Waals surface area contributed by atoms with Gasteiger partial charge in [-0.1, -0.05) is 17.7 Å². The van der Waals surface area contributed by atoms with E-state index in [4.69, 9.17) is 21.1 Å². The normalized spacial score (nSPS) is 21.4. The van der Waals surface area contributed by atoms with Crippen molar-refractivity contribution >= 4 is 23.7 Å². The zero-order valence-electron chi connectivity index (χ0n) is 12.3. The second-order valence-corrected chi connectivity index (χ2v) is 5.50. The quantitative estimate of drug-likeness (QED) is 0.782. The summed E-state index contributed by atoms with van der Waals surface area (Å²) in [7, 11) is 2.61. The maximum atomic E-state index is 13.7. The molecule has 1 aliphatic rings. The molecule has 0 aliphatic carbocycles. The molecule has 1 heterocycles. The summed E-state index contributed by atoms with van der Waals surface area (Å²) in [6.45, 7) is 0.335. The van der Waals surface area contributed by atoms with Crippen molar-refractivity contribution in [2.24, 2.45) is 5.92 Å². The number of hydrogen-bond donors (Lipinski definition) is 0. The van der Waals surface area contributed by atoms with Gasteiger partial charge in [-0.05, 0) is 30.5 Å². The highest BCUT2D eigenvalue weighted by molar-refractivity contribution is 6.30. The van der Waals surface area contributed by atoms with Gasteiger partial charge in [0, 0.05) is 6.54 Å². The Hall–Kier alpha value is -1.82. The molecule has 1 aliphatic heterocycles. The van der Waals surface area contributed by atoms with E-state index >= 15 is 0 Å². The molecule has 0 N–H and O–H groups in total. The van der Waals surface area contributed by atoms with Crippen LogP contribution in [0.25, 0.3) is 0 Å². The highest BCUT2D eigenvalue weighted by atomic mass is 35.5. The monoisotopic (exact) mass is 329 g/mol. The number of nitrogens with zero attached hydrogens (tertiary/aromatic N) is 1. The molecule has 0 aromatic heterocycles. The van der Waals surface area contributed by atoms with E-state index < -0.39 is 18.0 Å². The number of carbonyl (C=O) groups excluding carboxylic acids is 2. The fraction of sp³-hybridized carbons (Fsp3) is 0.467. The molecule has 0 saturated carbocycles. The SMILES string of the molecule is COC(=O)C1CCN(C(=O)OC)C(c2ccc(Cl)c(F)c2)C1. The first-order valence-corrected chi connectivity index (χ1v) is 7.23. The van der Waals surface area contributed by atoms with E-state index in [9.17, 15) is 14.0 Å². The number of piperidine rings is 1. The standard InChI is InChI=1S/C15H17ClFNO4/c1-21-14(19)10-5-6-18(15(20)22-2)13(8-10)9-3-4-11(16)12(17)7-9/h3-4,7,10,13H,5-6,8H2,1-2H3. The molecule has 0 radical (unpaired) electrons. The predicted octanol–water partition coefficient (Wildman–Crippen LogP) is 3.17. The number of benzene rings is 1. The van der Waals surface area contributed by atoms with Crippen LogP contribution in [0.4, 0.5) is 9.18 Å². The molecule has 1 aromatic carbocycles. The minimum atomic E-state index is -0.566. The highest BCUT2D eigenvalue weighted by Crippen LogP contribution is 2.36. The molecule has 0 bridgehead atoms. The van der Waals surface area contributed by atoms with Crippen LogP contribution in [0.2, 0.25) is 5.02 Å². The Kier molecular flexibility index (Phi) is 5.24. The molecule has 2 unspecified atom stereocenters. The van der Waals surface area contributed by atoms with E-state index in [1.807, 2.05) is 0 Å². The van der Waals surface area contributed by atoms with Crippen LogP contribution in [0.15, 0.2) is 18.2 Å². The van der Waals surface area contributed by atoms with Gasteiger partial charge in [0.25, 0.3) is 0 Å². The second-order valence-electron chi connectivity index (χ2n) is 5.10. The maximum absolute atomic E-state index is 13.7. The lowest BCUT2D eigenvalue weighted by Crippen LogP contribution is -2.42. The summed E-state index contributed by atoms with van der Waals surface area (Å²) in [5.74, 6) is -1.23. The van der Waals surface area contributed by atoms with Gasteiger partial charge >= 0.3 is 12.1 Å². The van der Waals surface area contributed by atoms with Crippen LogP contribution in [-0.4, -0.2) is 37.7 Å². The fourth-order valence-electron chi connectivity index (χ4n) is 2.72. The third kappa shape index (κ3) is 3.32. The minimum Gasteiger partial charge on any atom is -0.469 e. The Labute approximate surface area is 132 Å². The average molecular weight is 330 g/mol. The van der Waals surface area contributed by atoms with Crippen LogP contribution < -0.4 is 0 Å². The number of esters is 1. The first-order valence-electron chi connectivity index (χ1n) is 6.85. The molecule has 22 heavy (non-hydrogen) atoms.